The molecule has 148 valence electrons. The molecule has 1 saturated heterocycles. The predicted molar refractivity (Wildman–Crippen MR) is 106 cm³/mol. The second-order valence-electron chi connectivity index (χ2n) is 8.35. The van der Waals surface area contributed by atoms with Crippen LogP contribution in [0, 0.1) is 11.8 Å². The summed E-state index contributed by atoms with van der Waals surface area (Å²) in [7, 11) is 1.34. The van der Waals surface area contributed by atoms with Crippen molar-refractivity contribution in [2.75, 3.05) is 26.7 Å². The van der Waals surface area contributed by atoms with Gasteiger partial charge in [-0.3, -0.25) is 4.79 Å². The lowest BCUT2D eigenvalue weighted by Crippen LogP contribution is -2.46. The van der Waals surface area contributed by atoms with Crippen LogP contribution in [0.15, 0.2) is 24.3 Å². The third kappa shape index (κ3) is 3.97. The Bertz CT molecular complexity index is 703. The molecule has 5 heteroatoms. The Labute approximate surface area is 162 Å². The molecule has 1 aromatic carbocycles. The summed E-state index contributed by atoms with van der Waals surface area (Å²) in [5.74, 6) is 1.07. The molecule has 0 aromatic heterocycles. The van der Waals surface area contributed by atoms with Gasteiger partial charge in [0.2, 0.25) is 5.91 Å². The van der Waals surface area contributed by atoms with Crippen LogP contribution in [0.5, 0.6) is 0 Å². The summed E-state index contributed by atoms with van der Waals surface area (Å²) in [6.45, 7) is 8.43. The van der Waals surface area contributed by atoms with Gasteiger partial charge < -0.3 is 15.0 Å². The lowest BCUT2D eigenvalue weighted by Gasteiger charge is -2.34. The normalized spacial score (nSPS) is 24.9. The SMILES string of the molecule is CCC(CNC(=O)OC)C(=O)N1CCC2(c3cccc(C(C)C)c3)CC2C1. The zero-order chi connectivity index (χ0) is 19.6. The van der Waals surface area contributed by atoms with E-state index in [-0.39, 0.29) is 17.2 Å². The number of amides is 2. The van der Waals surface area contributed by atoms with Crippen LogP contribution in [0.1, 0.15) is 57.1 Å². The van der Waals surface area contributed by atoms with Crippen molar-refractivity contribution in [3.63, 3.8) is 0 Å². The summed E-state index contributed by atoms with van der Waals surface area (Å²) in [5, 5.41) is 2.67. The van der Waals surface area contributed by atoms with Crippen molar-refractivity contribution < 1.29 is 14.3 Å². The Hall–Kier alpha value is -2.04. The molecule has 2 fully saturated rings. The lowest BCUT2D eigenvalue weighted by molar-refractivity contribution is -0.136. The second-order valence-corrected chi connectivity index (χ2v) is 8.35. The van der Waals surface area contributed by atoms with Crippen molar-refractivity contribution >= 4 is 12.0 Å². The highest BCUT2D eigenvalue weighted by atomic mass is 16.5. The Morgan fingerprint density at radius 2 is 2.15 bits per heavy atom. The van der Waals surface area contributed by atoms with Crippen LogP contribution in [0.2, 0.25) is 0 Å². The fraction of sp³-hybridized carbons (Fsp3) is 0.636. The minimum atomic E-state index is -0.480. The maximum atomic E-state index is 12.9. The number of nitrogens with zero attached hydrogens (tertiary/aromatic N) is 1. The number of hydrogen-bond donors (Lipinski definition) is 1. The van der Waals surface area contributed by atoms with E-state index in [1.54, 1.807) is 0 Å². The largest absolute Gasteiger partial charge is 0.453 e. The Kier molecular flexibility index (Phi) is 5.78. The van der Waals surface area contributed by atoms with Gasteiger partial charge in [0.25, 0.3) is 0 Å². The van der Waals surface area contributed by atoms with Gasteiger partial charge in [-0.15, -0.1) is 0 Å². The van der Waals surface area contributed by atoms with Crippen molar-refractivity contribution in [1.82, 2.24) is 10.2 Å². The molecule has 0 bridgehead atoms. The Balaban J connectivity index is 1.62. The first-order valence-corrected chi connectivity index (χ1v) is 10.1. The van der Waals surface area contributed by atoms with Gasteiger partial charge in [0.1, 0.15) is 0 Å². The number of alkyl carbamates (subject to hydrolysis) is 1. The smallest absolute Gasteiger partial charge is 0.406 e. The number of carbonyl (C=O) groups is 2. The molecule has 1 heterocycles. The van der Waals surface area contributed by atoms with E-state index in [1.165, 1.54) is 24.7 Å². The second kappa shape index (κ2) is 7.91. The number of ether oxygens (including phenoxy) is 1. The number of piperidine rings is 1. The Morgan fingerprint density at radius 1 is 1.37 bits per heavy atom. The van der Waals surface area contributed by atoms with Gasteiger partial charge in [0, 0.05) is 25.0 Å². The third-order valence-electron chi connectivity index (χ3n) is 6.46. The molecule has 1 N–H and O–H groups in total. The van der Waals surface area contributed by atoms with E-state index in [4.69, 9.17) is 0 Å². The van der Waals surface area contributed by atoms with Gasteiger partial charge in [-0.25, -0.2) is 4.79 Å². The van der Waals surface area contributed by atoms with Crippen molar-refractivity contribution in [2.24, 2.45) is 11.8 Å². The maximum Gasteiger partial charge on any atom is 0.406 e. The average molecular weight is 373 g/mol. The molecule has 1 aliphatic heterocycles. The summed E-state index contributed by atoms with van der Waals surface area (Å²) < 4.78 is 4.61. The standard InChI is InChI=1S/C22H32N2O3/c1-5-16(13-23-21(26)27-4)20(25)24-10-9-22(12-19(22)14-24)18-8-6-7-17(11-18)15(2)3/h6-8,11,15-16,19H,5,9-10,12-14H2,1-4H3,(H,23,26). The molecule has 27 heavy (non-hydrogen) atoms. The molecule has 1 aliphatic carbocycles. The van der Waals surface area contributed by atoms with Gasteiger partial charge >= 0.3 is 6.09 Å². The number of carbonyl (C=O) groups excluding carboxylic acids is 2. The van der Waals surface area contributed by atoms with Crippen molar-refractivity contribution in [1.29, 1.82) is 0 Å². The van der Waals surface area contributed by atoms with Crippen LogP contribution in [0.25, 0.3) is 0 Å². The summed E-state index contributed by atoms with van der Waals surface area (Å²) >= 11 is 0. The topological polar surface area (TPSA) is 58.6 Å². The first-order valence-electron chi connectivity index (χ1n) is 10.1. The third-order valence-corrected chi connectivity index (χ3v) is 6.46. The number of rotatable bonds is 6. The number of benzene rings is 1. The number of nitrogens with one attached hydrogen (secondary N) is 1. The monoisotopic (exact) mass is 372 g/mol. The lowest BCUT2D eigenvalue weighted by atomic mass is 9.85. The molecule has 3 unspecified atom stereocenters. The molecule has 1 saturated carbocycles. The number of likely N-dealkylation sites (tertiary alicyclic amines) is 1. The van der Waals surface area contributed by atoms with Crippen molar-refractivity contribution in [3.8, 4) is 0 Å². The van der Waals surface area contributed by atoms with Crippen molar-refractivity contribution in [2.45, 2.75) is 51.4 Å². The van der Waals surface area contributed by atoms with E-state index < -0.39 is 6.09 Å². The minimum absolute atomic E-state index is 0.158. The minimum Gasteiger partial charge on any atom is -0.453 e. The first-order chi connectivity index (χ1) is 12.9. The van der Waals surface area contributed by atoms with E-state index in [9.17, 15) is 9.59 Å². The Morgan fingerprint density at radius 3 is 2.78 bits per heavy atom. The van der Waals surface area contributed by atoms with E-state index in [2.05, 4.69) is 48.2 Å². The molecule has 2 amide bonds. The van der Waals surface area contributed by atoms with Gasteiger partial charge in [-0.05, 0) is 42.2 Å². The highest BCUT2D eigenvalue weighted by Crippen LogP contribution is 2.59. The molecule has 3 atom stereocenters. The summed E-state index contributed by atoms with van der Waals surface area (Å²) in [6.07, 6.45) is 2.44. The molecular formula is C22H32N2O3. The zero-order valence-electron chi connectivity index (χ0n) is 17.0. The van der Waals surface area contributed by atoms with Gasteiger partial charge in [-0.1, -0.05) is 45.0 Å². The number of hydrogen-bond acceptors (Lipinski definition) is 3. The van der Waals surface area contributed by atoms with Crippen LogP contribution in [-0.2, 0) is 14.9 Å². The summed E-state index contributed by atoms with van der Waals surface area (Å²) in [5.41, 5.74) is 3.12. The molecule has 5 nitrogen and oxygen atoms in total. The summed E-state index contributed by atoms with van der Waals surface area (Å²) in [4.78, 5) is 26.2. The fourth-order valence-electron chi connectivity index (χ4n) is 4.47. The molecule has 3 rings (SSSR count). The van der Waals surface area contributed by atoms with Gasteiger partial charge in [0.05, 0.1) is 13.0 Å². The quantitative estimate of drug-likeness (QED) is 0.829. The van der Waals surface area contributed by atoms with Gasteiger partial charge in [0.15, 0.2) is 0 Å². The number of methoxy groups -OCH3 is 1. The first kappa shape index (κ1) is 19.7. The molecular weight excluding hydrogens is 340 g/mol. The van der Waals surface area contributed by atoms with Crippen molar-refractivity contribution in [3.05, 3.63) is 35.4 Å². The van der Waals surface area contributed by atoms with Gasteiger partial charge in [-0.2, -0.15) is 0 Å². The maximum absolute atomic E-state index is 12.9. The van der Waals surface area contributed by atoms with E-state index >= 15 is 0 Å². The molecule has 0 radical (unpaired) electrons. The van der Waals surface area contributed by atoms with Crippen LogP contribution in [0.4, 0.5) is 4.79 Å². The van der Waals surface area contributed by atoms with Crippen LogP contribution in [-0.4, -0.2) is 43.6 Å². The van der Waals surface area contributed by atoms with Crippen LogP contribution >= 0.6 is 0 Å². The van der Waals surface area contributed by atoms with E-state index in [0.29, 0.717) is 24.8 Å². The van der Waals surface area contributed by atoms with Crippen LogP contribution in [0.3, 0.4) is 0 Å². The highest BCUT2D eigenvalue weighted by molar-refractivity contribution is 5.80. The van der Waals surface area contributed by atoms with E-state index in [0.717, 1.165) is 19.5 Å². The molecule has 2 aliphatic rings. The average Bonchev–Trinajstić information content (AvgIpc) is 3.43. The zero-order valence-corrected chi connectivity index (χ0v) is 17.0. The predicted octanol–water partition coefficient (Wildman–Crippen LogP) is 3.68. The van der Waals surface area contributed by atoms with Crippen LogP contribution < -0.4 is 5.32 Å². The number of fused-ring (bicyclic) bond motifs is 1. The molecule has 0 spiro atoms. The summed E-state index contributed by atoms with van der Waals surface area (Å²) in [6, 6.07) is 9.02. The molecule has 1 aromatic rings. The van der Waals surface area contributed by atoms with E-state index in [1.807, 2.05) is 11.8 Å². The highest BCUT2D eigenvalue weighted by Gasteiger charge is 2.58. The fourth-order valence-corrected chi connectivity index (χ4v) is 4.47.